The molecule has 1 aromatic heterocycles. The van der Waals surface area contributed by atoms with Gasteiger partial charge in [-0.2, -0.15) is 4.99 Å². The van der Waals surface area contributed by atoms with E-state index in [4.69, 9.17) is 13.9 Å². The Kier molecular flexibility index (Phi) is 6.49. The number of rotatable bonds is 2. The Bertz CT molecular complexity index is 915. The van der Waals surface area contributed by atoms with Gasteiger partial charge in [-0.3, -0.25) is 15.8 Å². The molecule has 33 heavy (non-hydrogen) atoms. The van der Waals surface area contributed by atoms with Crippen LogP contribution in [0.5, 0.6) is 0 Å². The van der Waals surface area contributed by atoms with Gasteiger partial charge >= 0.3 is 24.2 Å². The predicted molar refractivity (Wildman–Crippen MR) is 112 cm³/mol. The average molecular weight is 467 g/mol. The van der Waals surface area contributed by atoms with E-state index in [-0.39, 0.29) is 23.9 Å². The van der Waals surface area contributed by atoms with Crippen LogP contribution in [0.4, 0.5) is 20.4 Å². The van der Waals surface area contributed by atoms with Crippen LogP contribution in [-0.2, 0) is 9.47 Å². The number of hydrogen-bond donors (Lipinski definition) is 3. The summed E-state index contributed by atoms with van der Waals surface area (Å²) in [5.41, 5.74) is -1.58. The topological polar surface area (TPSA) is 172 Å². The molecule has 14 nitrogen and oxygen atoms in total. The molecule has 14 heteroatoms. The summed E-state index contributed by atoms with van der Waals surface area (Å²) >= 11 is 0. The van der Waals surface area contributed by atoms with Gasteiger partial charge in [0.2, 0.25) is 11.9 Å². The van der Waals surface area contributed by atoms with Gasteiger partial charge in [0.1, 0.15) is 17.2 Å². The highest BCUT2D eigenvalue weighted by molar-refractivity contribution is 6.02. The number of carbonyl (C=O) groups is 3. The molecular formula is C19H29N7O7. The van der Waals surface area contributed by atoms with Crippen molar-refractivity contribution in [3.05, 3.63) is 5.89 Å². The Morgan fingerprint density at radius 1 is 1.06 bits per heavy atom. The van der Waals surface area contributed by atoms with Crippen molar-refractivity contribution < 1.29 is 33.5 Å². The summed E-state index contributed by atoms with van der Waals surface area (Å²) in [6, 6.07) is -1.60. The number of nitrogens with one attached hydrogen (secondary N) is 2. The molecule has 3 rings (SSSR count). The van der Waals surface area contributed by atoms with Crippen molar-refractivity contribution in [3.8, 4) is 0 Å². The third-order valence-corrected chi connectivity index (χ3v) is 4.51. The minimum absolute atomic E-state index is 0.115. The number of hydroxylamine groups is 2. The molecule has 0 aliphatic carbocycles. The highest BCUT2D eigenvalue weighted by atomic mass is 16.6. The number of alkyl carbamates (subject to hydrolysis) is 2. The molecule has 0 saturated carbocycles. The van der Waals surface area contributed by atoms with Crippen LogP contribution in [0, 0.1) is 0 Å². The summed E-state index contributed by atoms with van der Waals surface area (Å²) in [6.07, 6.45) is -0.671. The Hall–Kier alpha value is -3.42. The summed E-state index contributed by atoms with van der Waals surface area (Å²) in [5.74, 6) is -0.235. The summed E-state index contributed by atoms with van der Waals surface area (Å²) < 4.78 is 15.9. The van der Waals surface area contributed by atoms with Crippen LogP contribution in [0.2, 0.25) is 0 Å². The zero-order valence-corrected chi connectivity index (χ0v) is 19.4. The number of fused-ring (bicyclic) bond motifs is 2. The smallest absolute Gasteiger partial charge is 0.414 e. The highest BCUT2D eigenvalue weighted by Crippen LogP contribution is 2.37. The van der Waals surface area contributed by atoms with Gasteiger partial charge in [0, 0.05) is 6.54 Å². The highest BCUT2D eigenvalue weighted by Gasteiger charge is 2.46. The Morgan fingerprint density at radius 3 is 2.18 bits per heavy atom. The van der Waals surface area contributed by atoms with E-state index in [0.29, 0.717) is 24.4 Å². The molecular weight excluding hydrogens is 438 g/mol. The molecule has 0 aromatic carbocycles. The van der Waals surface area contributed by atoms with E-state index in [1.165, 1.54) is 4.90 Å². The molecule has 182 valence electrons. The lowest BCUT2D eigenvalue weighted by molar-refractivity contribution is -0.0584. The number of hydrogen-bond acceptors (Lipinski definition) is 10. The fourth-order valence-electron chi connectivity index (χ4n) is 3.30. The number of ether oxygens (including phenoxy) is 2. The van der Waals surface area contributed by atoms with Crippen LogP contribution in [0.1, 0.15) is 66.3 Å². The van der Waals surface area contributed by atoms with Crippen LogP contribution in [0.15, 0.2) is 9.41 Å². The molecule has 1 aromatic rings. The normalized spacial score (nSPS) is 20.4. The zero-order chi connectivity index (χ0) is 24.6. The lowest BCUT2D eigenvalue weighted by Crippen LogP contribution is -2.47. The molecule has 2 fully saturated rings. The van der Waals surface area contributed by atoms with E-state index in [9.17, 15) is 19.6 Å². The molecule has 2 bridgehead atoms. The summed E-state index contributed by atoms with van der Waals surface area (Å²) in [6.45, 7) is 10.4. The quantitative estimate of drug-likeness (QED) is 0.335. The minimum Gasteiger partial charge on any atom is -0.444 e. The standard InChI is InChI=1S/C19H29N7O7/c1-18(2,3)32-15(27)21-13(22-16(28)33-19(4,5)6)20-14-24-23-12(31-14)11-8-7-10-9-25(11)17(29)26(10)30/h10-11,30H,7-9H2,1-6H3,(H2,20,21,22,24,27,28). The first-order chi connectivity index (χ1) is 15.2. The molecule has 2 aliphatic heterocycles. The molecule has 4 amide bonds. The SMILES string of the molecule is CC(C)(C)OC(=O)NC(=Nc1nnc(C2CCC3CN2C(=O)N3O)o1)NC(=O)OC(C)(C)C. The van der Waals surface area contributed by atoms with Crippen molar-refractivity contribution in [1.29, 1.82) is 0 Å². The lowest BCUT2D eigenvalue weighted by Gasteiger charge is -2.27. The third-order valence-electron chi connectivity index (χ3n) is 4.51. The fraction of sp³-hybridized carbons (Fsp3) is 0.684. The number of carbonyl (C=O) groups excluding carboxylic acids is 3. The fourth-order valence-corrected chi connectivity index (χ4v) is 3.30. The van der Waals surface area contributed by atoms with Crippen LogP contribution in [0.3, 0.4) is 0 Å². The van der Waals surface area contributed by atoms with Gasteiger partial charge in [-0.15, -0.1) is 5.10 Å². The van der Waals surface area contributed by atoms with Crippen LogP contribution in [0.25, 0.3) is 0 Å². The number of urea groups is 1. The van der Waals surface area contributed by atoms with Crippen molar-refractivity contribution in [2.24, 2.45) is 4.99 Å². The third kappa shape index (κ3) is 6.31. The molecule has 0 spiro atoms. The molecule has 3 heterocycles. The van der Waals surface area contributed by atoms with Crippen molar-refractivity contribution >= 4 is 30.2 Å². The maximum atomic E-state index is 12.2. The van der Waals surface area contributed by atoms with Gasteiger partial charge in [0.05, 0.1) is 6.04 Å². The van der Waals surface area contributed by atoms with Gasteiger partial charge < -0.3 is 18.8 Å². The monoisotopic (exact) mass is 467 g/mol. The second-order valence-electron chi connectivity index (χ2n) is 9.66. The molecule has 2 saturated heterocycles. The largest absolute Gasteiger partial charge is 0.444 e. The van der Waals surface area contributed by atoms with E-state index in [2.05, 4.69) is 25.8 Å². The Morgan fingerprint density at radius 2 is 1.64 bits per heavy atom. The van der Waals surface area contributed by atoms with Gasteiger partial charge in [0.15, 0.2) is 0 Å². The van der Waals surface area contributed by atoms with E-state index >= 15 is 0 Å². The van der Waals surface area contributed by atoms with Crippen LogP contribution in [-0.4, -0.2) is 73.3 Å². The minimum atomic E-state index is -0.874. The second-order valence-corrected chi connectivity index (χ2v) is 9.66. The number of aliphatic imine (C=N–C) groups is 1. The van der Waals surface area contributed by atoms with E-state index in [1.807, 2.05) is 0 Å². The van der Waals surface area contributed by atoms with Crippen molar-refractivity contribution in [3.63, 3.8) is 0 Å². The van der Waals surface area contributed by atoms with Crippen LogP contribution >= 0.6 is 0 Å². The van der Waals surface area contributed by atoms with Gasteiger partial charge in [-0.1, -0.05) is 5.10 Å². The summed E-state index contributed by atoms with van der Waals surface area (Å²) in [4.78, 5) is 42.0. The zero-order valence-electron chi connectivity index (χ0n) is 19.4. The van der Waals surface area contributed by atoms with Crippen molar-refractivity contribution in [2.75, 3.05) is 6.54 Å². The first-order valence-corrected chi connectivity index (χ1v) is 10.4. The van der Waals surface area contributed by atoms with E-state index in [0.717, 1.165) is 0 Å². The number of piperidine rings is 1. The second kappa shape index (κ2) is 8.84. The van der Waals surface area contributed by atoms with Gasteiger partial charge in [0.25, 0.3) is 0 Å². The molecule has 2 unspecified atom stereocenters. The van der Waals surface area contributed by atoms with E-state index in [1.54, 1.807) is 41.5 Å². The van der Waals surface area contributed by atoms with Crippen molar-refractivity contribution in [1.82, 2.24) is 30.8 Å². The van der Waals surface area contributed by atoms with Gasteiger partial charge in [-0.05, 0) is 54.4 Å². The number of aromatic nitrogens is 2. The maximum Gasteiger partial charge on any atom is 0.414 e. The Labute approximate surface area is 190 Å². The lowest BCUT2D eigenvalue weighted by atomic mass is 10.0. The number of guanidine groups is 1. The summed E-state index contributed by atoms with van der Waals surface area (Å²) in [7, 11) is 0. The first kappa shape index (κ1) is 24.2. The van der Waals surface area contributed by atoms with Gasteiger partial charge in [-0.25, -0.2) is 19.4 Å². The molecule has 0 radical (unpaired) electrons. The summed E-state index contributed by atoms with van der Waals surface area (Å²) in [5, 5.41) is 22.9. The predicted octanol–water partition coefficient (Wildman–Crippen LogP) is 2.44. The number of nitrogens with zero attached hydrogens (tertiary/aromatic N) is 5. The maximum absolute atomic E-state index is 12.2. The average Bonchev–Trinajstić information content (AvgIpc) is 3.18. The van der Waals surface area contributed by atoms with E-state index < -0.39 is 35.5 Å². The first-order valence-electron chi connectivity index (χ1n) is 10.4. The van der Waals surface area contributed by atoms with Crippen LogP contribution < -0.4 is 10.6 Å². The molecule has 3 N–H and O–H groups in total. The molecule has 2 atom stereocenters. The number of amides is 4. The van der Waals surface area contributed by atoms with Crippen molar-refractivity contribution in [2.45, 2.75) is 77.7 Å². The molecule has 2 aliphatic rings. The Balaban J connectivity index is 1.78.